The van der Waals surface area contributed by atoms with Gasteiger partial charge in [0, 0.05) is 12.5 Å². The second-order valence-corrected chi connectivity index (χ2v) is 7.81. The summed E-state index contributed by atoms with van der Waals surface area (Å²) >= 11 is 0. The third kappa shape index (κ3) is 4.58. The van der Waals surface area contributed by atoms with Gasteiger partial charge in [0.2, 0.25) is 0 Å². The van der Waals surface area contributed by atoms with E-state index in [1.807, 2.05) is 48.5 Å². The number of nitrogens with one attached hydrogen (secondary N) is 1. The number of aliphatic hydroxyl groups excluding tert-OH is 2. The Morgan fingerprint density at radius 2 is 1.48 bits per heavy atom. The van der Waals surface area contributed by atoms with E-state index in [1.165, 1.54) is 0 Å². The van der Waals surface area contributed by atoms with Crippen LogP contribution in [0.4, 0.5) is 18.0 Å². The van der Waals surface area contributed by atoms with Crippen molar-refractivity contribution in [1.29, 1.82) is 0 Å². The molecule has 0 saturated carbocycles. The summed E-state index contributed by atoms with van der Waals surface area (Å²) in [4.78, 5) is 12.2. The van der Waals surface area contributed by atoms with Crippen molar-refractivity contribution in [3.05, 3.63) is 94.8 Å². The highest BCUT2D eigenvalue weighted by atomic mass is 19.2. The molecule has 0 aliphatic heterocycles. The van der Waals surface area contributed by atoms with Gasteiger partial charge < -0.3 is 20.3 Å². The molecule has 8 heteroatoms. The highest BCUT2D eigenvalue weighted by Gasteiger charge is 2.29. The Labute approximate surface area is 188 Å². The summed E-state index contributed by atoms with van der Waals surface area (Å²) < 4.78 is 46.3. The molecule has 0 heterocycles. The molecule has 1 aliphatic rings. The molecule has 2 atom stereocenters. The predicted octanol–water partition coefficient (Wildman–Crippen LogP) is 4.43. The van der Waals surface area contributed by atoms with E-state index in [9.17, 15) is 28.2 Å². The van der Waals surface area contributed by atoms with Gasteiger partial charge in [-0.15, -0.1) is 0 Å². The fourth-order valence-electron chi connectivity index (χ4n) is 4.14. The Hall–Kier alpha value is -3.36. The van der Waals surface area contributed by atoms with Gasteiger partial charge in [0.1, 0.15) is 18.5 Å². The third-order valence-electron chi connectivity index (χ3n) is 5.79. The number of hydrogen-bond donors (Lipinski definition) is 3. The van der Waals surface area contributed by atoms with Gasteiger partial charge in [0.05, 0.1) is 11.7 Å². The lowest BCUT2D eigenvalue weighted by Crippen LogP contribution is -2.31. The standard InChI is InChI=1S/C25H22F3NO4/c26-19-9-10-20(27)23(28)22(19)24(31)21(30)11-12-29-25(32)33-13-18-16-7-3-1-5-14(16)15-6-2-4-8-17(15)18/h1-10,18,21,24,30-31H,11-13H2,(H,29,32). The van der Waals surface area contributed by atoms with Gasteiger partial charge >= 0.3 is 6.09 Å². The van der Waals surface area contributed by atoms with E-state index in [0.717, 1.165) is 22.3 Å². The van der Waals surface area contributed by atoms with Gasteiger partial charge in [-0.25, -0.2) is 18.0 Å². The van der Waals surface area contributed by atoms with Crippen molar-refractivity contribution < 1.29 is 32.9 Å². The maximum atomic E-state index is 13.8. The summed E-state index contributed by atoms with van der Waals surface area (Å²) in [5, 5.41) is 22.5. The first-order valence-corrected chi connectivity index (χ1v) is 10.5. The molecule has 3 N–H and O–H groups in total. The summed E-state index contributed by atoms with van der Waals surface area (Å²) in [6.45, 7) is -0.0296. The fourth-order valence-corrected chi connectivity index (χ4v) is 4.14. The number of rotatable bonds is 7. The average molecular weight is 457 g/mol. The summed E-state index contributed by atoms with van der Waals surface area (Å²) in [6.07, 6.45) is -4.60. The van der Waals surface area contributed by atoms with E-state index >= 15 is 0 Å². The van der Waals surface area contributed by atoms with Crippen molar-refractivity contribution in [3.8, 4) is 11.1 Å². The minimum Gasteiger partial charge on any atom is -0.449 e. The molecule has 1 amide bonds. The van der Waals surface area contributed by atoms with Crippen molar-refractivity contribution in [2.75, 3.05) is 13.2 Å². The van der Waals surface area contributed by atoms with Crippen LogP contribution >= 0.6 is 0 Å². The Balaban J connectivity index is 1.31. The van der Waals surface area contributed by atoms with Crippen LogP contribution in [-0.2, 0) is 4.74 Å². The van der Waals surface area contributed by atoms with Crippen molar-refractivity contribution in [2.45, 2.75) is 24.5 Å². The number of amides is 1. The minimum atomic E-state index is -2.00. The van der Waals surface area contributed by atoms with E-state index in [1.54, 1.807) is 0 Å². The quantitative estimate of drug-likeness (QED) is 0.459. The zero-order chi connectivity index (χ0) is 23.5. The average Bonchev–Trinajstić information content (AvgIpc) is 3.14. The zero-order valence-corrected chi connectivity index (χ0v) is 17.5. The number of halogens is 3. The number of benzene rings is 3. The number of carbonyl (C=O) groups is 1. The van der Waals surface area contributed by atoms with Crippen LogP contribution in [0.1, 0.15) is 35.1 Å². The van der Waals surface area contributed by atoms with Gasteiger partial charge in [0.15, 0.2) is 11.6 Å². The normalized spacial score (nSPS) is 14.3. The van der Waals surface area contributed by atoms with Crippen LogP contribution in [-0.4, -0.2) is 35.6 Å². The van der Waals surface area contributed by atoms with Crippen LogP contribution in [0, 0.1) is 17.5 Å². The Morgan fingerprint density at radius 1 is 0.909 bits per heavy atom. The highest BCUT2D eigenvalue weighted by Crippen LogP contribution is 2.44. The molecule has 3 aromatic carbocycles. The SMILES string of the molecule is O=C(NCCC(O)C(O)c1c(F)ccc(F)c1F)OCC1c2ccccc2-c2ccccc21. The van der Waals surface area contributed by atoms with Crippen LogP contribution in [0.2, 0.25) is 0 Å². The van der Waals surface area contributed by atoms with E-state index in [-0.39, 0.29) is 25.5 Å². The second kappa shape index (κ2) is 9.64. The van der Waals surface area contributed by atoms with E-state index in [4.69, 9.17) is 4.74 Å². The number of fused-ring (bicyclic) bond motifs is 3. The number of alkyl carbamates (subject to hydrolysis) is 1. The molecule has 0 saturated heterocycles. The molecule has 1 aliphatic carbocycles. The molecule has 4 rings (SSSR count). The third-order valence-corrected chi connectivity index (χ3v) is 5.79. The molecule has 0 spiro atoms. The minimum absolute atomic E-state index is 0.102. The van der Waals surface area contributed by atoms with Gasteiger partial charge in [-0.05, 0) is 40.8 Å². The second-order valence-electron chi connectivity index (χ2n) is 7.81. The largest absolute Gasteiger partial charge is 0.449 e. The van der Waals surface area contributed by atoms with Crippen molar-refractivity contribution >= 4 is 6.09 Å². The number of hydrogen-bond acceptors (Lipinski definition) is 4. The maximum absolute atomic E-state index is 13.8. The number of aliphatic hydroxyl groups is 2. The highest BCUT2D eigenvalue weighted by molar-refractivity contribution is 5.79. The molecule has 0 radical (unpaired) electrons. The number of carbonyl (C=O) groups excluding carboxylic acids is 1. The molecule has 33 heavy (non-hydrogen) atoms. The van der Waals surface area contributed by atoms with Crippen molar-refractivity contribution in [2.24, 2.45) is 0 Å². The first-order valence-electron chi connectivity index (χ1n) is 10.5. The monoisotopic (exact) mass is 457 g/mol. The Morgan fingerprint density at radius 3 is 2.12 bits per heavy atom. The van der Waals surface area contributed by atoms with Crippen LogP contribution in [0.15, 0.2) is 60.7 Å². The maximum Gasteiger partial charge on any atom is 0.407 e. The van der Waals surface area contributed by atoms with Crippen molar-refractivity contribution in [3.63, 3.8) is 0 Å². The van der Waals surface area contributed by atoms with Gasteiger partial charge in [-0.2, -0.15) is 0 Å². The van der Waals surface area contributed by atoms with Crippen LogP contribution in [0.25, 0.3) is 11.1 Å². The first-order chi connectivity index (χ1) is 15.9. The first kappa shape index (κ1) is 22.8. The summed E-state index contributed by atoms with van der Waals surface area (Å²) in [5.41, 5.74) is 3.35. The van der Waals surface area contributed by atoms with Crippen LogP contribution in [0.5, 0.6) is 0 Å². The molecule has 3 aromatic rings. The molecule has 172 valence electrons. The van der Waals surface area contributed by atoms with E-state index < -0.39 is 41.3 Å². The Bertz CT molecular complexity index is 1120. The summed E-state index contributed by atoms with van der Waals surface area (Å²) in [6, 6.07) is 17.0. The summed E-state index contributed by atoms with van der Waals surface area (Å²) in [5.74, 6) is -4.19. The lowest BCUT2D eigenvalue weighted by Gasteiger charge is -2.20. The Kier molecular flexibility index (Phi) is 6.67. The van der Waals surface area contributed by atoms with Crippen LogP contribution < -0.4 is 5.32 Å². The molecular formula is C25H22F3NO4. The lowest BCUT2D eigenvalue weighted by atomic mass is 9.98. The molecule has 5 nitrogen and oxygen atoms in total. The fraction of sp³-hybridized carbons (Fsp3) is 0.240. The molecular weight excluding hydrogens is 435 g/mol. The molecule has 2 unspecified atom stereocenters. The van der Waals surface area contributed by atoms with Gasteiger partial charge in [-0.1, -0.05) is 48.5 Å². The van der Waals surface area contributed by atoms with Gasteiger partial charge in [0.25, 0.3) is 0 Å². The smallest absolute Gasteiger partial charge is 0.407 e. The van der Waals surface area contributed by atoms with E-state index in [2.05, 4.69) is 5.32 Å². The predicted molar refractivity (Wildman–Crippen MR) is 115 cm³/mol. The topological polar surface area (TPSA) is 78.8 Å². The number of ether oxygens (including phenoxy) is 1. The van der Waals surface area contributed by atoms with E-state index in [0.29, 0.717) is 12.1 Å². The van der Waals surface area contributed by atoms with Crippen LogP contribution in [0.3, 0.4) is 0 Å². The summed E-state index contributed by atoms with van der Waals surface area (Å²) in [7, 11) is 0. The van der Waals surface area contributed by atoms with Crippen molar-refractivity contribution in [1.82, 2.24) is 5.32 Å². The molecule has 0 bridgehead atoms. The zero-order valence-electron chi connectivity index (χ0n) is 17.5. The van der Waals surface area contributed by atoms with Gasteiger partial charge in [-0.3, -0.25) is 0 Å². The lowest BCUT2D eigenvalue weighted by molar-refractivity contribution is 0.00908. The molecule has 0 aromatic heterocycles. The molecule has 0 fully saturated rings.